The fourth-order valence-electron chi connectivity index (χ4n) is 1.60. The Morgan fingerprint density at radius 3 is 2.00 bits per heavy atom. The predicted molar refractivity (Wildman–Crippen MR) is 42.1 cm³/mol. The second-order valence-electron chi connectivity index (χ2n) is 4.16. The van der Waals surface area contributed by atoms with E-state index in [2.05, 4.69) is 0 Å². The molecule has 1 aliphatic carbocycles. The zero-order valence-electron chi connectivity index (χ0n) is 8.12. The summed E-state index contributed by atoms with van der Waals surface area (Å²) in [6.07, 6.45) is -8.71. The molecule has 1 rings (SSSR count). The Labute approximate surface area is 83.6 Å². The molecular weight excluding hydrogens is 222 g/mol. The summed E-state index contributed by atoms with van der Waals surface area (Å²) in [5.74, 6) is -3.46. The molecule has 0 saturated heterocycles. The Hall–Kier alpha value is -0.420. The summed E-state index contributed by atoms with van der Waals surface area (Å²) in [4.78, 5) is 0. The first-order chi connectivity index (χ1) is 6.62. The number of halogens is 6. The first-order valence-electron chi connectivity index (χ1n) is 4.75. The minimum atomic E-state index is -4.29. The van der Waals surface area contributed by atoms with Crippen molar-refractivity contribution in [2.75, 3.05) is 0 Å². The molecule has 0 N–H and O–H groups in total. The maximum Gasteiger partial charge on any atom is 0.392 e. The molecule has 0 amide bonds. The van der Waals surface area contributed by atoms with Crippen molar-refractivity contribution in [3.63, 3.8) is 0 Å². The number of rotatable bonds is 3. The Morgan fingerprint density at radius 1 is 1.13 bits per heavy atom. The third kappa shape index (κ3) is 3.57. The third-order valence-corrected chi connectivity index (χ3v) is 2.87. The lowest BCUT2D eigenvalue weighted by atomic mass is 10.0. The Morgan fingerprint density at radius 2 is 1.67 bits per heavy atom. The monoisotopic (exact) mass is 234 g/mol. The van der Waals surface area contributed by atoms with Gasteiger partial charge >= 0.3 is 12.4 Å². The van der Waals surface area contributed by atoms with Crippen LogP contribution in [0.25, 0.3) is 0 Å². The van der Waals surface area contributed by atoms with Gasteiger partial charge in [0, 0.05) is 0 Å². The van der Waals surface area contributed by atoms with Gasteiger partial charge in [-0.05, 0) is 25.2 Å². The largest absolute Gasteiger partial charge is 0.392 e. The maximum absolute atomic E-state index is 12.0. The SMILES string of the molecule is CC(CCC1CC1C(F)(F)F)C(F)(F)F. The molecule has 0 heterocycles. The summed E-state index contributed by atoms with van der Waals surface area (Å²) in [5, 5.41) is 0. The van der Waals surface area contributed by atoms with Crippen LogP contribution in [0.4, 0.5) is 26.3 Å². The molecule has 0 aromatic carbocycles. The summed E-state index contributed by atoms with van der Waals surface area (Å²) in [7, 11) is 0. The van der Waals surface area contributed by atoms with Gasteiger partial charge in [0.2, 0.25) is 0 Å². The zero-order valence-corrected chi connectivity index (χ0v) is 8.12. The van der Waals surface area contributed by atoms with E-state index in [1.165, 1.54) is 0 Å². The average Bonchev–Trinajstić information content (AvgIpc) is 2.75. The lowest BCUT2D eigenvalue weighted by Crippen LogP contribution is -2.20. The summed E-state index contributed by atoms with van der Waals surface area (Å²) in [6.45, 7) is 1.00. The van der Waals surface area contributed by atoms with Crippen LogP contribution in [-0.4, -0.2) is 12.4 Å². The van der Waals surface area contributed by atoms with Crippen molar-refractivity contribution >= 4 is 0 Å². The first kappa shape index (κ1) is 12.6. The lowest BCUT2D eigenvalue weighted by molar-refractivity contribution is -0.172. The van der Waals surface area contributed by atoms with E-state index in [9.17, 15) is 26.3 Å². The van der Waals surface area contributed by atoms with Crippen LogP contribution in [0.15, 0.2) is 0 Å². The number of alkyl halides is 6. The lowest BCUT2D eigenvalue weighted by Gasteiger charge is -2.15. The Balaban J connectivity index is 2.25. The van der Waals surface area contributed by atoms with Crippen molar-refractivity contribution in [1.29, 1.82) is 0 Å². The van der Waals surface area contributed by atoms with E-state index in [-0.39, 0.29) is 19.3 Å². The van der Waals surface area contributed by atoms with Crippen LogP contribution in [0.2, 0.25) is 0 Å². The summed E-state index contributed by atoms with van der Waals surface area (Å²) in [5.41, 5.74) is 0. The van der Waals surface area contributed by atoms with Gasteiger partial charge in [0.25, 0.3) is 0 Å². The average molecular weight is 234 g/mol. The van der Waals surface area contributed by atoms with Crippen LogP contribution >= 0.6 is 0 Å². The molecular formula is C9H12F6. The summed E-state index contributed by atoms with van der Waals surface area (Å²) < 4.78 is 72.2. The molecule has 0 spiro atoms. The number of hydrogen-bond acceptors (Lipinski definition) is 0. The molecule has 90 valence electrons. The number of hydrogen-bond donors (Lipinski definition) is 0. The van der Waals surface area contributed by atoms with Gasteiger partial charge in [0.05, 0.1) is 11.8 Å². The second-order valence-corrected chi connectivity index (χ2v) is 4.16. The van der Waals surface area contributed by atoms with Gasteiger partial charge in [0.1, 0.15) is 0 Å². The van der Waals surface area contributed by atoms with E-state index < -0.39 is 30.1 Å². The van der Waals surface area contributed by atoms with Crippen LogP contribution in [-0.2, 0) is 0 Å². The summed E-state index contributed by atoms with van der Waals surface area (Å²) in [6, 6.07) is 0. The molecule has 0 aliphatic heterocycles. The molecule has 3 atom stereocenters. The van der Waals surface area contributed by atoms with Gasteiger partial charge in [-0.2, -0.15) is 26.3 Å². The maximum atomic E-state index is 12.0. The molecule has 1 aliphatic rings. The van der Waals surface area contributed by atoms with Gasteiger partial charge in [-0.3, -0.25) is 0 Å². The van der Waals surface area contributed by atoms with E-state index in [1.54, 1.807) is 0 Å². The molecule has 0 nitrogen and oxygen atoms in total. The molecule has 15 heavy (non-hydrogen) atoms. The van der Waals surface area contributed by atoms with Crippen molar-refractivity contribution < 1.29 is 26.3 Å². The van der Waals surface area contributed by atoms with Crippen molar-refractivity contribution in [3.05, 3.63) is 0 Å². The molecule has 3 unspecified atom stereocenters. The van der Waals surface area contributed by atoms with Crippen LogP contribution in [0.3, 0.4) is 0 Å². The van der Waals surface area contributed by atoms with E-state index >= 15 is 0 Å². The zero-order chi connectivity index (χ0) is 11.9. The van der Waals surface area contributed by atoms with Gasteiger partial charge < -0.3 is 0 Å². The second kappa shape index (κ2) is 3.87. The molecule has 1 fully saturated rings. The van der Waals surface area contributed by atoms with Gasteiger partial charge in [-0.1, -0.05) is 6.92 Å². The standard InChI is InChI=1S/C9H12F6/c1-5(8(10,11)12)2-3-6-4-7(6)9(13,14)15/h5-7H,2-4H2,1H3. The Bertz CT molecular complexity index is 216. The van der Waals surface area contributed by atoms with Gasteiger partial charge in [-0.15, -0.1) is 0 Å². The minimum Gasteiger partial charge on any atom is -0.171 e. The minimum absolute atomic E-state index is 0.00588. The summed E-state index contributed by atoms with van der Waals surface area (Å²) >= 11 is 0. The predicted octanol–water partition coefficient (Wildman–Crippen LogP) is 4.16. The molecule has 0 aromatic heterocycles. The van der Waals surface area contributed by atoms with Crippen LogP contribution in [0.1, 0.15) is 26.2 Å². The van der Waals surface area contributed by atoms with E-state index in [4.69, 9.17) is 0 Å². The van der Waals surface area contributed by atoms with Crippen LogP contribution in [0.5, 0.6) is 0 Å². The topological polar surface area (TPSA) is 0 Å². The molecule has 6 heteroatoms. The van der Waals surface area contributed by atoms with Gasteiger partial charge in [-0.25, -0.2) is 0 Å². The fourth-order valence-corrected chi connectivity index (χ4v) is 1.60. The van der Waals surface area contributed by atoms with Crippen LogP contribution < -0.4 is 0 Å². The third-order valence-electron chi connectivity index (χ3n) is 2.87. The van der Waals surface area contributed by atoms with E-state index in [0.29, 0.717) is 0 Å². The van der Waals surface area contributed by atoms with Crippen molar-refractivity contribution in [1.82, 2.24) is 0 Å². The quantitative estimate of drug-likeness (QED) is 0.643. The normalized spacial score (nSPS) is 29.0. The van der Waals surface area contributed by atoms with Crippen molar-refractivity contribution in [2.45, 2.75) is 38.5 Å². The molecule has 0 radical (unpaired) electrons. The first-order valence-corrected chi connectivity index (χ1v) is 4.75. The highest BCUT2D eigenvalue weighted by atomic mass is 19.4. The van der Waals surface area contributed by atoms with E-state index in [0.717, 1.165) is 6.92 Å². The molecule has 0 aromatic rings. The van der Waals surface area contributed by atoms with E-state index in [1.807, 2.05) is 0 Å². The molecule has 1 saturated carbocycles. The Kier molecular flexibility index (Phi) is 3.26. The fraction of sp³-hybridized carbons (Fsp3) is 1.00. The highest BCUT2D eigenvalue weighted by molar-refractivity contribution is 4.91. The molecule has 0 bridgehead atoms. The van der Waals surface area contributed by atoms with Crippen LogP contribution in [0, 0.1) is 17.8 Å². The smallest absolute Gasteiger partial charge is 0.171 e. The highest BCUT2D eigenvalue weighted by Crippen LogP contribution is 2.52. The van der Waals surface area contributed by atoms with Crippen molar-refractivity contribution in [3.8, 4) is 0 Å². The van der Waals surface area contributed by atoms with Crippen molar-refractivity contribution in [2.24, 2.45) is 17.8 Å². The van der Waals surface area contributed by atoms with Gasteiger partial charge in [0.15, 0.2) is 0 Å². The highest BCUT2D eigenvalue weighted by Gasteiger charge is 2.55.